The summed E-state index contributed by atoms with van der Waals surface area (Å²) >= 11 is 0. The van der Waals surface area contributed by atoms with Gasteiger partial charge in [0.15, 0.2) is 0 Å². The third kappa shape index (κ3) is 2.94. The highest BCUT2D eigenvalue weighted by Gasteiger charge is 2.35. The van der Waals surface area contributed by atoms with Crippen molar-refractivity contribution in [3.05, 3.63) is 59.9 Å². The lowest BCUT2D eigenvalue weighted by Crippen LogP contribution is -2.43. The summed E-state index contributed by atoms with van der Waals surface area (Å²) in [6.07, 6.45) is 3.29. The van der Waals surface area contributed by atoms with E-state index in [0.717, 1.165) is 23.0 Å². The van der Waals surface area contributed by atoms with Crippen LogP contribution in [0.3, 0.4) is 0 Å². The van der Waals surface area contributed by atoms with Gasteiger partial charge in [0, 0.05) is 34.9 Å². The van der Waals surface area contributed by atoms with Crippen molar-refractivity contribution >= 4 is 28.5 Å². The van der Waals surface area contributed by atoms with E-state index in [1.165, 1.54) is 0 Å². The van der Waals surface area contributed by atoms with Crippen LogP contribution in [0.4, 0.5) is 5.82 Å². The maximum absolute atomic E-state index is 13.1. The number of aromatic nitrogens is 2. The molecule has 2 amide bonds. The summed E-state index contributed by atoms with van der Waals surface area (Å²) in [5.41, 5.74) is 2.37. The van der Waals surface area contributed by atoms with E-state index in [2.05, 4.69) is 15.3 Å². The van der Waals surface area contributed by atoms with Gasteiger partial charge in [0.05, 0.1) is 0 Å². The Kier molecular flexibility index (Phi) is 4.16. The van der Waals surface area contributed by atoms with Crippen LogP contribution in [0.2, 0.25) is 0 Å². The lowest BCUT2D eigenvalue weighted by molar-refractivity contribution is -0.119. The van der Waals surface area contributed by atoms with Crippen molar-refractivity contribution in [3.8, 4) is 0 Å². The number of hydrogen-bond donors (Lipinski definition) is 2. The summed E-state index contributed by atoms with van der Waals surface area (Å²) < 4.78 is 0. The highest BCUT2D eigenvalue weighted by Crippen LogP contribution is 2.25. The number of nitrogens with one attached hydrogen (secondary N) is 2. The number of pyridine rings is 1. The van der Waals surface area contributed by atoms with Crippen molar-refractivity contribution in [2.45, 2.75) is 25.8 Å². The molecule has 3 aromatic rings. The van der Waals surface area contributed by atoms with Crippen molar-refractivity contribution in [3.63, 3.8) is 0 Å². The number of carbonyl (C=O) groups is 2. The monoisotopic (exact) mass is 348 g/mol. The molecule has 6 heteroatoms. The van der Waals surface area contributed by atoms with Gasteiger partial charge in [0.25, 0.3) is 5.91 Å². The van der Waals surface area contributed by atoms with E-state index in [0.29, 0.717) is 24.3 Å². The second kappa shape index (κ2) is 6.63. The molecule has 3 heterocycles. The van der Waals surface area contributed by atoms with Gasteiger partial charge in [0.2, 0.25) is 5.91 Å². The van der Waals surface area contributed by atoms with Crippen molar-refractivity contribution in [2.75, 3.05) is 11.9 Å². The Labute approximate surface area is 151 Å². The summed E-state index contributed by atoms with van der Waals surface area (Å²) in [4.78, 5) is 34.9. The molecule has 1 aliphatic heterocycles. The van der Waals surface area contributed by atoms with Gasteiger partial charge in [0.1, 0.15) is 11.9 Å². The van der Waals surface area contributed by atoms with E-state index >= 15 is 0 Å². The van der Waals surface area contributed by atoms with Crippen molar-refractivity contribution in [1.82, 2.24) is 14.9 Å². The highest BCUT2D eigenvalue weighted by molar-refractivity contribution is 6.08. The van der Waals surface area contributed by atoms with Crippen LogP contribution in [-0.2, 0) is 4.79 Å². The van der Waals surface area contributed by atoms with Crippen LogP contribution in [0.1, 0.15) is 28.9 Å². The second-order valence-corrected chi connectivity index (χ2v) is 6.55. The number of carbonyl (C=O) groups excluding carboxylic acids is 2. The van der Waals surface area contributed by atoms with Crippen molar-refractivity contribution in [1.29, 1.82) is 0 Å². The molecule has 0 bridgehead atoms. The van der Waals surface area contributed by atoms with Gasteiger partial charge in [-0.05, 0) is 50.1 Å². The maximum atomic E-state index is 13.1. The fraction of sp³-hybridized carbons (Fsp3) is 0.250. The summed E-state index contributed by atoms with van der Waals surface area (Å²) in [5, 5.41) is 3.72. The zero-order valence-electron chi connectivity index (χ0n) is 14.5. The number of fused-ring (bicyclic) bond motifs is 1. The molecule has 0 aliphatic carbocycles. The molecule has 0 unspecified atom stereocenters. The predicted molar refractivity (Wildman–Crippen MR) is 100.0 cm³/mol. The van der Waals surface area contributed by atoms with E-state index in [-0.39, 0.29) is 11.8 Å². The van der Waals surface area contributed by atoms with Gasteiger partial charge in [-0.2, -0.15) is 0 Å². The number of aryl methyl sites for hydroxylation is 1. The Bertz CT molecular complexity index is 979. The maximum Gasteiger partial charge on any atom is 0.255 e. The molecule has 1 fully saturated rings. The Hall–Kier alpha value is -3.15. The highest BCUT2D eigenvalue weighted by atomic mass is 16.2. The van der Waals surface area contributed by atoms with Crippen LogP contribution in [0.5, 0.6) is 0 Å². The first kappa shape index (κ1) is 16.3. The average Bonchev–Trinajstić information content (AvgIpc) is 3.30. The molecule has 1 saturated heterocycles. The Balaban J connectivity index is 1.57. The Morgan fingerprint density at radius 2 is 2.04 bits per heavy atom. The Morgan fingerprint density at radius 1 is 1.19 bits per heavy atom. The van der Waals surface area contributed by atoms with Gasteiger partial charge >= 0.3 is 0 Å². The van der Waals surface area contributed by atoms with Crippen LogP contribution in [-0.4, -0.2) is 39.3 Å². The molecule has 2 aromatic heterocycles. The second-order valence-electron chi connectivity index (χ2n) is 6.55. The lowest BCUT2D eigenvalue weighted by atomic mass is 10.1. The third-order valence-corrected chi connectivity index (χ3v) is 4.78. The van der Waals surface area contributed by atoms with E-state index in [9.17, 15) is 9.59 Å². The molecule has 0 radical (unpaired) electrons. The fourth-order valence-electron chi connectivity index (χ4n) is 3.53. The van der Waals surface area contributed by atoms with Crippen LogP contribution in [0, 0.1) is 6.92 Å². The number of hydrogen-bond acceptors (Lipinski definition) is 3. The van der Waals surface area contributed by atoms with Gasteiger partial charge in [-0.15, -0.1) is 0 Å². The quantitative estimate of drug-likeness (QED) is 0.763. The van der Waals surface area contributed by atoms with Gasteiger partial charge in [-0.3, -0.25) is 9.59 Å². The van der Waals surface area contributed by atoms with E-state index < -0.39 is 6.04 Å². The summed E-state index contributed by atoms with van der Waals surface area (Å²) in [5.74, 6) is 0.224. The molecule has 0 spiro atoms. The molecule has 1 aliphatic rings. The molecular weight excluding hydrogens is 328 g/mol. The number of H-pyrrole nitrogens is 1. The first-order valence-corrected chi connectivity index (χ1v) is 8.75. The minimum absolute atomic E-state index is 0.106. The number of anilines is 1. The minimum Gasteiger partial charge on any atom is -0.361 e. The SMILES string of the molecule is Cc1cccc(NC(=O)[C@@H]2CCCN2C(=O)c2cccc3[nH]ccc23)n1. The first-order valence-electron chi connectivity index (χ1n) is 8.75. The predicted octanol–water partition coefficient (Wildman–Crippen LogP) is 3.11. The first-order chi connectivity index (χ1) is 12.6. The molecule has 0 saturated carbocycles. The molecule has 2 N–H and O–H groups in total. The summed E-state index contributed by atoms with van der Waals surface area (Å²) in [6, 6.07) is 12.5. The molecular formula is C20H20N4O2. The molecule has 4 rings (SSSR count). The van der Waals surface area contributed by atoms with Crippen LogP contribution in [0.25, 0.3) is 10.9 Å². The molecule has 1 aromatic carbocycles. The van der Waals surface area contributed by atoms with E-state index in [1.807, 2.05) is 49.5 Å². The standard InChI is InChI=1S/C20H20N4O2/c1-13-5-2-9-18(22-13)23-19(25)17-8-4-12-24(17)20(26)15-6-3-7-16-14(15)10-11-21-16/h2-3,5-7,9-11,17,21H,4,8,12H2,1H3,(H,22,23,25)/t17-/m0/s1. The van der Waals surface area contributed by atoms with Gasteiger partial charge in [-0.1, -0.05) is 12.1 Å². The number of aromatic amines is 1. The van der Waals surface area contributed by atoms with Crippen LogP contribution in [0.15, 0.2) is 48.7 Å². The van der Waals surface area contributed by atoms with Crippen LogP contribution < -0.4 is 5.32 Å². The number of nitrogens with zero attached hydrogens (tertiary/aromatic N) is 2. The molecule has 132 valence electrons. The molecule has 6 nitrogen and oxygen atoms in total. The zero-order valence-corrected chi connectivity index (χ0v) is 14.5. The fourth-order valence-corrected chi connectivity index (χ4v) is 3.53. The topological polar surface area (TPSA) is 78.1 Å². The lowest BCUT2D eigenvalue weighted by Gasteiger charge is -2.24. The normalized spacial score (nSPS) is 16.8. The summed E-state index contributed by atoms with van der Waals surface area (Å²) in [6.45, 7) is 2.46. The molecule has 1 atom stereocenters. The van der Waals surface area contributed by atoms with Gasteiger partial charge < -0.3 is 15.2 Å². The van der Waals surface area contributed by atoms with Crippen molar-refractivity contribution < 1.29 is 9.59 Å². The van der Waals surface area contributed by atoms with E-state index in [4.69, 9.17) is 0 Å². The molecule has 26 heavy (non-hydrogen) atoms. The van der Waals surface area contributed by atoms with Gasteiger partial charge in [-0.25, -0.2) is 4.98 Å². The summed E-state index contributed by atoms with van der Waals surface area (Å²) in [7, 11) is 0. The largest absolute Gasteiger partial charge is 0.361 e. The van der Waals surface area contributed by atoms with E-state index in [1.54, 1.807) is 11.0 Å². The number of likely N-dealkylation sites (tertiary alicyclic amines) is 1. The average molecular weight is 348 g/mol. The number of benzene rings is 1. The zero-order chi connectivity index (χ0) is 18.1. The minimum atomic E-state index is -0.473. The number of rotatable bonds is 3. The number of amides is 2. The van der Waals surface area contributed by atoms with Crippen molar-refractivity contribution in [2.24, 2.45) is 0 Å². The Morgan fingerprint density at radius 3 is 2.88 bits per heavy atom. The third-order valence-electron chi connectivity index (χ3n) is 4.78. The smallest absolute Gasteiger partial charge is 0.255 e. The van der Waals surface area contributed by atoms with Crippen LogP contribution >= 0.6 is 0 Å².